The lowest BCUT2D eigenvalue weighted by Gasteiger charge is -2.16. The standard InChI is InChI=1S/C25H44N6O6/c1-21(27-10-13-35-18-17-34-12-9-26-3)29-25(31-23-5-7-24(32)8-6-23)30-22(2)28-11-14-36-19-20-37-16-15-33-4/h5-8,26,28,32H,2,9-20H2,1,3-4H3,(H2,27,29,30,31). The Balaban J connectivity index is 2.46. The fraction of sp³-hybridized carbons (Fsp3) is 0.600. The van der Waals surface area contributed by atoms with Crippen molar-refractivity contribution >= 4 is 17.5 Å². The molecule has 0 radical (unpaired) electrons. The van der Waals surface area contributed by atoms with Crippen LogP contribution in [0.25, 0.3) is 0 Å². The van der Waals surface area contributed by atoms with Crippen LogP contribution in [-0.2, 0) is 23.7 Å². The number of aliphatic imine (C=N–C) groups is 2. The van der Waals surface area contributed by atoms with Gasteiger partial charge in [-0.05, 0) is 38.2 Å². The molecule has 210 valence electrons. The average Bonchev–Trinajstić information content (AvgIpc) is 2.88. The molecule has 12 heteroatoms. The third-order valence-electron chi connectivity index (χ3n) is 4.51. The highest BCUT2D eigenvalue weighted by molar-refractivity contribution is 6.02. The Morgan fingerprint density at radius 1 is 0.865 bits per heavy atom. The van der Waals surface area contributed by atoms with E-state index in [1.165, 1.54) is 0 Å². The zero-order valence-electron chi connectivity index (χ0n) is 22.4. The van der Waals surface area contributed by atoms with Gasteiger partial charge in [-0.2, -0.15) is 0 Å². The molecule has 0 spiro atoms. The predicted octanol–water partition coefficient (Wildman–Crippen LogP) is 1.16. The molecule has 0 fully saturated rings. The Morgan fingerprint density at radius 3 is 2.11 bits per heavy atom. The van der Waals surface area contributed by atoms with Gasteiger partial charge in [0.2, 0.25) is 5.96 Å². The number of phenolic OH excluding ortho intramolecular Hbond substituents is 1. The number of methoxy groups -OCH3 is 1. The molecule has 37 heavy (non-hydrogen) atoms. The summed E-state index contributed by atoms with van der Waals surface area (Å²) in [6.07, 6.45) is 0. The number of ether oxygens (including phenoxy) is 5. The molecule has 0 aromatic heterocycles. The average molecular weight is 525 g/mol. The number of anilines is 1. The van der Waals surface area contributed by atoms with E-state index in [1.807, 2.05) is 7.05 Å². The minimum Gasteiger partial charge on any atom is -0.508 e. The molecule has 0 unspecified atom stereocenters. The van der Waals surface area contributed by atoms with Crippen LogP contribution in [0, 0.1) is 0 Å². The number of hydrogen-bond donors (Lipinski definition) is 5. The van der Waals surface area contributed by atoms with Crippen LogP contribution < -0.4 is 21.3 Å². The molecule has 0 aliphatic carbocycles. The molecular formula is C25H44N6O6. The summed E-state index contributed by atoms with van der Waals surface area (Å²) in [5, 5.41) is 22.0. The highest BCUT2D eigenvalue weighted by Crippen LogP contribution is 2.13. The quantitative estimate of drug-likeness (QED) is 0.0689. The van der Waals surface area contributed by atoms with E-state index in [9.17, 15) is 5.11 Å². The van der Waals surface area contributed by atoms with Gasteiger partial charge in [0, 0.05) is 25.9 Å². The molecule has 0 bridgehead atoms. The number of amidine groups is 1. The molecule has 1 aromatic carbocycles. The van der Waals surface area contributed by atoms with Gasteiger partial charge in [-0.15, -0.1) is 0 Å². The molecule has 1 aromatic rings. The van der Waals surface area contributed by atoms with Gasteiger partial charge in [0.15, 0.2) is 0 Å². The van der Waals surface area contributed by atoms with E-state index in [0.29, 0.717) is 90.2 Å². The van der Waals surface area contributed by atoms with Gasteiger partial charge in [-0.1, -0.05) is 6.58 Å². The van der Waals surface area contributed by atoms with Crippen LogP contribution in [0.5, 0.6) is 5.75 Å². The summed E-state index contributed by atoms with van der Waals surface area (Å²) in [6.45, 7) is 12.5. The summed E-state index contributed by atoms with van der Waals surface area (Å²) >= 11 is 0. The Morgan fingerprint density at radius 2 is 1.46 bits per heavy atom. The first kappa shape index (κ1) is 32.3. The third kappa shape index (κ3) is 19.1. The molecule has 0 atom stereocenters. The van der Waals surface area contributed by atoms with Gasteiger partial charge >= 0.3 is 0 Å². The third-order valence-corrected chi connectivity index (χ3v) is 4.51. The normalized spacial score (nSPS) is 12.0. The largest absolute Gasteiger partial charge is 0.508 e. The Kier molecular flexibility index (Phi) is 19.6. The lowest BCUT2D eigenvalue weighted by molar-refractivity contribution is 0.0258. The van der Waals surface area contributed by atoms with Gasteiger partial charge in [-0.3, -0.25) is 4.99 Å². The highest BCUT2D eigenvalue weighted by Gasteiger charge is 2.04. The lowest BCUT2D eigenvalue weighted by Crippen LogP contribution is -2.37. The van der Waals surface area contributed by atoms with E-state index in [1.54, 1.807) is 38.3 Å². The first-order chi connectivity index (χ1) is 18.0. The van der Waals surface area contributed by atoms with Gasteiger partial charge in [0.05, 0.1) is 71.8 Å². The molecule has 0 saturated heterocycles. The van der Waals surface area contributed by atoms with Gasteiger partial charge < -0.3 is 50.1 Å². The van der Waals surface area contributed by atoms with E-state index in [0.717, 1.165) is 12.2 Å². The van der Waals surface area contributed by atoms with Crippen molar-refractivity contribution in [1.82, 2.24) is 16.0 Å². The Bertz CT molecular complexity index is 775. The van der Waals surface area contributed by atoms with Crippen molar-refractivity contribution < 1.29 is 28.8 Å². The summed E-state index contributed by atoms with van der Waals surface area (Å²) in [7, 11) is 3.52. The SMILES string of the molecule is C=C(NCCOCCOCCOC)NC(=NC(C)=NCCOCCOCCNC)Nc1ccc(O)cc1. The summed E-state index contributed by atoms with van der Waals surface area (Å²) in [6, 6.07) is 6.66. The minimum absolute atomic E-state index is 0.178. The van der Waals surface area contributed by atoms with Gasteiger partial charge in [0.1, 0.15) is 11.6 Å². The topological polar surface area (TPSA) is 139 Å². The van der Waals surface area contributed by atoms with Crippen LogP contribution in [0.15, 0.2) is 46.7 Å². The summed E-state index contributed by atoms with van der Waals surface area (Å²) in [4.78, 5) is 8.97. The van der Waals surface area contributed by atoms with Crippen LogP contribution in [0.4, 0.5) is 5.69 Å². The first-order valence-corrected chi connectivity index (χ1v) is 12.3. The Hall–Kier alpha value is -2.74. The molecule has 12 nitrogen and oxygen atoms in total. The number of rotatable bonds is 21. The molecule has 5 N–H and O–H groups in total. The zero-order chi connectivity index (χ0) is 27.0. The van der Waals surface area contributed by atoms with Crippen molar-refractivity contribution in [3.8, 4) is 5.75 Å². The number of likely N-dealkylation sites (N-methyl/N-ethyl adjacent to an activating group) is 1. The Labute approximate surface area is 220 Å². The van der Waals surface area contributed by atoms with Crippen molar-refractivity contribution in [1.29, 1.82) is 0 Å². The molecular weight excluding hydrogens is 480 g/mol. The second kappa shape index (κ2) is 22.5. The highest BCUT2D eigenvalue weighted by atomic mass is 16.5. The molecule has 0 heterocycles. The van der Waals surface area contributed by atoms with Crippen molar-refractivity contribution in [2.75, 3.05) is 98.6 Å². The van der Waals surface area contributed by atoms with Crippen molar-refractivity contribution in [2.45, 2.75) is 6.92 Å². The molecule has 1 rings (SSSR count). The summed E-state index contributed by atoms with van der Waals surface area (Å²) in [5.74, 6) is 1.71. The van der Waals surface area contributed by atoms with Gasteiger partial charge in [-0.25, -0.2) is 4.99 Å². The number of aromatic hydroxyl groups is 1. The molecule has 0 saturated carbocycles. The summed E-state index contributed by atoms with van der Waals surface area (Å²) < 4.78 is 26.7. The van der Waals surface area contributed by atoms with Crippen LogP contribution in [-0.4, -0.2) is 110 Å². The maximum absolute atomic E-state index is 9.54. The number of benzene rings is 1. The van der Waals surface area contributed by atoms with Crippen LogP contribution in [0.3, 0.4) is 0 Å². The second-order valence-corrected chi connectivity index (χ2v) is 7.64. The van der Waals surface area contributed by atoms with Crippen molar-refractivity contribution in [2.24, 2.45) is 9.98 Å². The number of phenols is 1. The number of nitrogens with zero attached hydrogens (tertiary/aromatic N) is 2. The van der Waals surface area contributed by atoms with E-state index in [2.05, 4.69) is 37.8 Å². The second-order valence-electron chi connectivity index (χ2n) is 7.64. The van der Waals surface area contributed by atoms with E-state index in [4.69, 9.17) is 23.7 Å². The van der Waals surface area contributed by atoms with Crippen molar-refractivity contribution in [3.63, 3.8) is 0 Å². The smallest absolute Gasteiger partial charge is 0.207 e. The molecule has 0 amide bonds. The fourth-order valence-electron chi connectivity index (χ4n) is 2.66. The number of guanidine groups is 1. The molecule has 0 aliphatic rings. The summed E-state index contributed by atoms with van der Waals surface area (Å²) in [5.41, 5.74) is 0.739. The number of hydrogen-bond acceptors (Lipinski definition) is 9. The predicted molar refractivity (Wildman–Crippen MR) is 146 cm³/mol. The van der Waals surface area contributed by atoms with E-state index >= 15 is 0 Å². The van der Waals surface area contributed by atoms with Crippen molar-refractivity contribution in [3.05, 3.63) is 36.7 Å². The lowest BCUT2D eigenvalue weighted by atomic mass is 10.3. The van der Waals surface area contributed by atoms with Crippen LogP contribution >= 0.6 is 0 Å². The monoisotopic (exact) mass is 524 g/mol. The maximum Gasteiger partial charge on any atom is 0.207 e. The van der Waals surface area contributed by atoms with E-state index in [-0.39, 0.29) is 5.75 Å². The van der Waals surface area contributed by atoms with Crippen LogP contribution in [0.2, 0.25) is 0 Å². The molecule has 0 aliphatic heterocycles. The fourth-order valence-corrected chi connectivity index (χ4v) is 2.66. The first-order valence-electron chi connectivity index (χ1n) is 12.3. The van der Waals surface area contributed by atoms with Crippen LogP contribution in [0.1, 0.15) is 6.92 Å². The number of nitrogens with one attached hydrogen (secondary N) is 4. The zero-order valence-corrected chi connectivity index (χ0v) is 22.4. The maximum atomic E-state index is 9.54. The van der Waals surface area contributed by atoms with Gasteiger partial charge in [0.25, 0.3) is 0 Å². The minimum atomic E-state index is 0.178. The van der Waals surface area contributed by atoms with E-state index < -0.39 is 0 Å².